The van der Waals surface area contributed by atoms with Crippen LogP contribution in [0.1, 0.15) is 19.4 Å². The van der Waals surface area contributed by atoms with Gasteiger partial charge in [-0.1, -0.05) is 18.2 Å². The van der Waals surface area contributed by atoms with Crippen LogP contribution in [0.2, 0.25) is 0 Å². The van der Waals surface area contributed by atoms with Gasteiger partial charge in [-0.3, -0.25) is 0 Å². The largest absolute Gasteiger partial charge is 0.508 e. The van der Waals surface area contributed by atoms with E-state index >= 15 is 0 Å². The molecule has 0 spiro atoms. The molecule has 0 aliphatic carbocycles. The van der Waals surface area contributed by atoms with Crippen molar-refractivity contribution >= 4 is 11.4 Å². The van der Waals surface area contributed by atoms with Crippen LogP contribution in [0.3, 0.4) is 0 Å². The van der Waals surface area contributed by atoms with Crippen molar-refractivity contribution in [3.8, 4) is 5.75 Å². The Morgan fingerprint density at radius 2 is 1.70 bits per heavy atom. The van der Waals surface area contributed by atoms with Crippen LogP contribution in [0.5, 0.6) is 5.75 Å². The van der Waals surface area contributed by atoms with Gasteiger partial charge < -0.3 is 15.3 Å². The van der Waals surface area contributed by atoms with Gasteiger partial charge in [-0.05, 0) is 43.7 Å². The molecule has 2 aromatic rings. The fourth-order valence-electron chi connectivity index (χ4n) is 2.23. The quantitative estimate of drug-likeness (QED) is 0.837. The van der Waals surface area contributed by atoms with Crippen LogP contribution in [0.4, 0.5) is 11.4 Å². The molecule has 0 fully saturated rings. The minimum absolute atomic E-state index is 0.284. The minimum atomic E-state index is 0.284. The van der Waals surface area contributed by atoms with Crippen LogP contribution >= 0.6 is 0 Å². The van der Waals surface area contributed by atoms with Crippen LogP contribution in [0.15, 0.2) is 48.5 Å². The summed E-state index contributed by atoms with van der Waals surface area (Å²) in [7, 11) is 0. The van der Waals surface area contributed by atoms with Gasteiger partial charge in [0.25, 0.3) is 0 Å². The first-order valence-corrected chi connectivity index (χ1v) is 7.09. The second kappa shape index (κ2) is 6.85. The zero-order valence-electron chi connectivity index (χ0n) is 12.1. The molecule has 106 valence electrons. The third kappa shape index (κ3) is 3.67. The highest BCUT2D eigenvalue weighted by molar-refractivity contribution is 5.50. The van der Waals surface area contributed by atoms with Gasteiger partial charge in [0, 0.05) is 37.1 Å². The average molecular weight is 270 g/mol. The van der Waals surface area contributed by atoms with E-state index in [0.717, 1.165) is 25.3 Å². The Morgan fingerprint density at radius 3 is 2.30 bits per heavy atom. The van der Waals surface area contributed by atoms with Gasteiger partial charge in [0.15, 0.2) is 0 Å². The second-order valence-corrected chi connectivity index (χ2v) is 4.74. The van der Waals surface area contributed by atoms with Crippen LogP contribution in [-0.4, -0.2) is 18.2 Å². The Labute approximate surface area is 120 Å². The van der Waals surface area contributed by atoms with Crippen LogP contribution in [0, 0.1) is 0 Å². The first-order chi connectivity index (χ1) is 9.72. The van der Waals surface area contributed by atoms with Crippen molar-refractivity contribution in [3.05, 3.63) is 54.1 Å². The third-order valence-corrected chi connectivity index (χ3v) is 3.41. The molecule has 0 saturated carbocycles. The predicted molar refractivity (Wildman–Crippen MR) is 85.4 cm³/mol. The van der Waals surface area contributed by atoms with Crippen LogP contribution in [-0.2, 0) is 6.54 Å². The van der Waals surface area contributed by atoms with E-state index in [2.05, 4.69) is 48.3 Å². The van der Waals surface area contributed by atoms with Crippen molar-refractivity contribution in [1.82, 2.24) is 0 Å². The van der Waals surface area contributed by atoms with Gasteiger partial charge in [-0.25, -0.2) is 0 Å². The second-order valence-electron chi connectivity index (χ2n) is 4.74. The molecule has 0 atom stereocenters. The number of hydrogen-bond donors (Lipinski definition) is 2. The first-order valence-electron chi connectivity index (χ1n) is 7.09. The predicted octanol–water partition coefficient (Wildman–Crippen LogP) is 3.85. The van der Waals surface area contributed by atoms with E-state index in [1.54, 1.807) is 12.1 Å². The maximum atomic E-state index is 9.42. The number of rotatable bonds is 6. The van der Waals surface area contributed by atoms with Crippen LogP contribution in [0.25, 0.3) is 0 Å². The maximum Gasteiger partial charge on any atom is 0.117 e. The Kier molecular flexibility index (Phi) is 4.88. The highest BCUT2D eigenvalue weighted by atomic mass is 16.3. The van der Waals surface area contributed by atoms with Gasteiger partial charge in [0.2, 0.25) is 0 Å². The Morgan fingerprint density at radius 1 is 1.00 bits per heavy atom. The number of nitrogens with zero attached hydrogens (tertiary/aromatic N) is 1. The highest BCUT2D eigenvalue weighted by Crippen LogP contribution is 2.18. The van der Waals surface area contributed by atoms with Crippen molar-refractivity contribution in [2.24, 2.45) is 0 Å². The summed E-state index contributed by atoms with van der Waals surface area (Å²) in [5, 5.41) is 12.7. The van der Waals surface area contributed by atoms with E-state index in [9.17, 15) is 5.11 Å². The van der Waals surface area contributed by atoms with Gasteiger partial charge >= 0.3 is 0 Å². The molecular formula is C17H22N2O. The summed E-state index contributed by atoms with van der Waals surface area (Å²) >= 11 is 0. The van der Waals surface area contributed by atoms with Crippen molar-refractivity contribution in [2.45, 2.75) is 20.4 Å². The molecule has 0 amide bonds. The van der Waals surface area contributed by atoms with E-state index in [0.29, 0.717) is 0 Å². The number of hydrogen-bond acceptors (Lipinski definition) is 3. The molecule has 0 radical (unpaired) electrons. The number of aromatic hydroxyl groups is 1. The SMILES string of the molecule is CCN(CC)c1ccc(CNc2cccc(O)c2)cc1. The number of anilines is 2. The van der Waals surface area contributed by atoms with E-state index < -0.39 is 0 Å². The lowest BCUT2D eigenvalue weighted by Crippen LogP contribution is -2.21. The molecule has 0 bridgehead atoms. The molecular weight excluding hydrogens is 248 g/mol. The maximum absolute atomic E-state index is 9.42. The summed E-state index contributed by atoms with van der Waals surface area (Å²) in [6.07, 6.45) is 0. The Balaban J connectivity index is 1.97. The van der Waals surface area contributed by atoms with Crippen LogP contribution < -0.4 is 10.2 Å². The zero-order chi connectivity index (χ0) is 14.4. The van der Waals surface area contributed by atoms with Gasteiger partial charge in [-0.2, -0.15) is 0 Å². The molecule has 2 aromatic carbocycles. The molecule has 2 N–H and O–H groups in total. The highest BCUT2D eigenvalue weighted by Gasteiger charge is 2.01. The molecule has 0 heterocycles. The van der Waals surface area contributed by atoms with Crippen molar-refractivity contribution < 1.29 is 5.11 Å². The van der Waals surface area contributed by atoms with E-state index in [4.69, 9.17) is 0 Å². The molecule has 0 aromatic heterocycles. The van der Waals surface area contributed by atoms with E-state index in [-0.39, 0.29) is 5.75 Å². The van der Waals surface area contributed by atoms with Crippen molar-refractivity contribution in [2.75, 3.05) is 23.3 Å². The number of benzene rings is 2. The van der Waals surface area contributed by atoms with Gasteiger partial charge in [-0.15, -0.1) is 0 Å². The standard InChI is InChI=1S/C17H22N2O/c1-3-19(4-2)16-10-8-14(9-11-16)13-18-15-6-5-7-17(20)12-15/h5-12,18,20H,3-4,13H2,1-2H3. The molecule has 3 heteroatoms. The summed E-state index contributed by atoms with van der Waals surface area (Å²) in [4.78, 5) is 2.33. The molecule has 0 unspecified atom stereocenters. The number of nitrogens with one attached hydrogen (secondary N) is 1. The fourth-order valence-corrected chi connectivity index (χ4v) is 2.23. The Hall–Kier alpha value is -2.16. The summed E-state index contributed by atoms with van der Waals surface area (Å²) < 4.78 is 0. The molecule has 0 saturated heterocycles. The summed E-state index contributed by atoms with van der Waals surface area (Å²) in [5.41, 5.74) is 3.41. The lowest BCUT2D eigenvalue weighted by atomic mass is 10.2. The molecule has 3 nitrogen and oxygen atoms in total. The molecule has 2 rings (SSSR count). The smallest absolute Gasteiger partial charge is 0.117 e. The zero-order valence-corrected chi connectivity index (χ0v) is 12.1. The average Bonchev–Trinajstić information content (AvgIpc) is 2.48. The first kappa shape index (κ1) is 14.3. The fraction of sp³-hybridized carbons (Fsp3) is 0.294. The summed E-state index contributed by atoms with van der Waals surface area (Å²) in [5.74, 6) is 0.284. The number of phenolic OH excluding ortho intramolecular Hbond substituents is 1. The number of phenols is 1. The molecule has 20 heavy (non-hydrogen) atoms. The normalized spacial score (nSPS) is 10.3. The topological polar surface area (TPSA) is 35.5 Å². The lowest BCUT2D eigenvalue weighted by molar-refractivity contribution is 0.475. The minimum Gasteiger partial charge on any atom is -0.508 e. The van der Waals surface area contributed by atoms with Gasteiger partial charge in [0.1, 0.15) is 5.75 Å². The third-order valence-electron chi connectivity index (χ3n) is 3.41. The van der Waals surface area contributed by atoms with Gasteiger partial charge in [0.05, 0.1) is 0 Å². The van der Waals surface area contributed by atoms with Crippen molar-refractivity contribution in [3.63, 3.8) is 0 Å². The molecule has 0 aliphatic heterocycles. The summed E-state index contributed by atoms with van der Waals surface area (Å²) in [6.45, 7) is 7.14. The molecule has 0 aliphatic rings. The summed E-state index contributed by atoms with van der Waals surface area (Å²) in [6, 6.07) is 15.8. The van der Waals surface area contributed by atoms with E-state index in [1.165, 1.54) is 11.3 Å². The van der Waals surface area contributed by atoms with E-state index in [1.807, 2.05) is 12.1 Å². The Bertz CT molecular complexity index is 533. The lowest BCUT2D eigenvalue weighted by Gasteiger charge is -2.21. The monoisotopic (exact) mass is 270 g/mol. The van der Waals surface area contributed by atoms with Crippen molar-refractivity contribution in [1.29, 1.82) is 0 Å².